The third kappa shape index (κ3) is 3.35. The second-order valence-corrected chi connectivity index (χ2v) is 5.40. The number of azide groups is 1. The van der Waals surface area contributed by atoms with E-state index in [4.69, 9.17) is 16.4 Å². The Hall–Kier alpha value is -2.47. The summed E-state index contributed by atoms with van der Waals surface area (Å²) < 4.78 is 0. The standard InChI is InChI=1S/C13H18N6O2/c1-7-4-8(9-2-3-16-6-10(9)14)5-11(17-13(20)21)12(7)18-19-15/h2-3,6-8,11-12,17H,4-5,14H2,1H3,(H,20,21)/t7?,8?,11?,12-/m0/s1. The van der Waals surface area contributed by atoms with Gasteiger partial charge in [0, 0.05) is 17.2 Å². The molecule has 1 aliphatic carbocycles. The summed E-state index contributed by atoms with van der Waals surface area (Å²) in [5.41, 5.74) is 16.2. The summed E-state index contributed by atoms with van der Waals surface area (Å²) in [7, 11) is 0. The molecule has 8 nitrogen and oxygen atoms in total. The van der Waals surface area contributed by atoms with Gasteiger partial charge in [-0.3, -0.25) is 4.98 Å². The molecule has 21 heavy (non-hydrogen) atoms. The highest BCUT2D eigenvalue weighted by Gasteiger charge is 2.37. The molecule has 1 fully saturated rings. The number of nitrogens with zero attached hydrogens (tertiary/aromatic N) is 4. The fraction of sp³-hybridized carbons (Fsp3) is 0.538. The molecule has 1 heterocycles. The van der Waals surface area contributed by atoms with Crippen LogP contribution < -0.4 is 11.1 Å². The number of amides is 1. The number of carbonyl (C=O) groups is 1. The Kier molecular flexibility index (Phi) is 4.49. The van der Waals surface area contributed by atoms with E-state index in [9.17, 15) is 4.79 Å². The second kappa shape index (κ2) is 6.32. The lowest BCUT2D eigenvalue weighted by atomic mass is 9.73. The molecule has 0 radical (unpaired) electrons. The SMILES string of the molecule is CC1CC(c2ccncc2N)CC(NC(=O)O)[C@H]1N=[N+]=[N-]. The highest BCUT2D eigenvalue weighted by molar-refractivity contribution is 5.65. The minimum Gasteiger partial charge on any atom is -0.465 e. The summed E-state index contributed by atoms with van der Waals surface area (Å²) in [6.07, 6.45) is 3.49. The van der Waals surface area contributed by atoms with Crippen LogP contribution in [0.3, 0.4) is 0 Å². The Bertz CT molecular complexity index is 572. The van der Waals surface area contributed by atoms with E-state index in [0.717, 1.165) is 12.0 Å². The first-order chi connectivity index (χ1) is 10.0. The number of hydrogen-bond acceptors (Lipinski definition) is 4. The van der Waals surface area contributed by atoms with Crippen molar-refractivity contribution in [1.29, 1.82) is 0 Å². The molecule has 2 rings (SSSR count). The lowest BCUT2D eigenvalue weighted by Crippen LogP contribution is -2.48. The minimum absolute atomic E-state index is 0.0593. The molecular formula is C13H18N6O2. The van der Waals surface area contributed by atoms with Gasteiger partial charge in [0.1, 0.15) is 0 Å². The lowest BCUT2D eigenvalue weighted by molar-refractivity contribution is 0.172. The van der Waals surface area contributed by atoms with E-state index in [0.29, 0.717) is 12.1 Å². The third-order valence-corrected chi connectivity index (χ3v) is 4.01. The number of rotatable bonds is 3. The van der Waals surface area contributed by atoms with Crippen molar-refractivity contribution in [3.05, 3.63) is 34.5 Å². The normalized spacial score (nSPS) is 28.4. The molecule has 1 amide bonds. The van der Waals surface area contributed by atoms with Crippen LogP contribution in [0.15, 0.2) is 23.6 Å². The van der Waals surface area contributed by atoms with Gasteiger partial charge < -0.3 is 16.2 Å². The van der Waals surface area contributed by atoms with E-state index >= 15 is 0 Å². The van der Waals surface area contributed by atoms with E-state index in [-0.39, 0.29) is 17.9 Å². The highest BCUT2D eigenvalue weighted by Crippen LogP contribution is 2.39. The number of nitrogen functional groups attached to an aromatic ring is 1. The largest absolute Gasteiger partial charge is 0.465 e. The number of hydrogen-bond donors (Lipinski definition) is 3. The van der Waals surface area contributed by atoms with E-state index < -0.39 is 12.1 Å². The van der Waals surface area contributed by atoms with Crippen LogP contribution in [0, 0.1) is 5.92 Å². The molecule has 0 aromatic carbocycles. The van der Waals surface area contributed by atoms with Gasteiger partial charge in [0.05, 0.1) is 17.9 Å². The predicted octanol–water partition coefficient (Wildman–Crippen LogP) is 2.49. The molecule has 1 aromatic rings. The number of anilines is 1. The van der Waals surface area contributed by atoms with Crippen molar-refractivity contribution in [2.45, 2.75) is 37.8 Å². The van der Waals surface area contributed by atoms with Crippen LogP contribution in [-0.2, 0) is 0 Å². The number of aromatic nitrogens is 1. The molecule has 1 aromatic heterocycles. The number of nitrogens with one attached hydrogen (secondary N) is 1. The molecule has 0 spiro atoms. The number of pyridine rings is 1. The van der Waals surface area contributed by atoms with Gasteiger partial charge in [-0.2, -0.15) is 0 Å². The molecule has 8 heteroatoms. The first kappa shape index (κ1) is 14.9. The summed E-state index contributed by atoms with van der Waals surface area (Å²) in [5, 5.41) is 15.2. The van der Waals surface area contributed by atoms with Crippen LogP contribution >= 0.6 is 0 Å². The quantitative estimate of drug-likeness (QED) is 0.447. The van der Waals surface area contributed by atoms with Crippen LogP contribution in [0.1, 0.15) is 31.2 Å². The van der Waals surface area contributed by atoms with E-state index in [1.165, 1.54) is 0 Å². The predicted molar refractivity (Wildman–Crippen MR) is 77.7 cm³/mol. The molecule has 112 valence electrons. The van der Waals surface area contributed by atoms with Crippen molar-refractivity contribution in [2.24, 2.45) is 11.0 Å². The van der Waals surface area contributed by atoms with Crippen molar-refractivity contribution in [3.63, 3.8) is 0 Å². The van der Waals surface area contributed by atoms with Crippen LogP contribution in [0.4, 0.5) is 10.5 Å². The smallest absolute Gasteiger partial charge is 0.404 e. The second-order valence-electron chi connectivity index (χ2n) is 5.40. The monoisotopic (exact) mass is 290 g/mol. The Morgan fingerprint density at radius 3 is 3.00 bits per heavy atom. The van der Waals surface area contributed by atoms with Crippen molar-refractivity contribution < 1.29 is 9.90 Å². The van der Waals surface area contributed by atoms with Crippen LogP contribution in [-0.4, -0.2) is 28.3 Å². The molecule has 4 atom stereocenters. The summed E-state index contributed by atoms with van der Waals surface area (Å²) >= 11 is 0. The Balaban J connectivity index is 2.26. The molecule has 0 aliphatic heterocycles. The van der Waals surface area contributed by atoms with Gasteiger partial charge in [0.2, 0.25) is 0 Å². The molecule has 0 bridgehead atoms. The first-order valence-electron chi connectivity index (χ1n) is 6.76. The van der Waals surface area contributed by atoms with E-state index in [1.807, 2.05) is 13.0 Å². The molecule has 4 N–H and O–H groups in total. The maximum absolute atomic E-state index is 11.0. The molecular weight excluding hydrogens is 272 g/mol. The van der Waals surface area contributed by atoms with Gasteiger partial charge in [-0.25, -0.2) is 4.79 Å². The fourth-order valence-electron chi connectivity index (χ4n) is 3.13. The first-order valence-corrected chi connectivity index (χ1v) is 6.76. The van der Waals surface area contributed by atoms with Crippen molar-refractivity contribution in [3.8, 4) is 0 Å². The summed E-state index contributed by atoms with van der Waals surface area (Å²) in [4.78, 5) is 17.8. The summed E-state index contributed by atoms with van der Waals surface area (Å²) in [6, 6.07) is 1.06. The minimum atomic E-state index is -1.12. The fourth-order valence-corrected chi connectivity index (χ4v) is 3.13. The van der Waals surface area contributed by atoms with Crippen molar-refractivity contribution in [1.82, 2.24) is 10.3 Å². The average Bonchev–Trinajstić information content (AvgIpc) is 2.42. The van der Waals surface area contributed by atoms with Gasteiger partial charge in [-0.05, 0) is 41.8 Å². The van der Waals surface area contributed by atoms with Crippen LogP contribution in [0.5, 0.6) is 0 Å². The number of carboxylic acid groups (broad SMARTS) is 1. The Labute approximate surface area is 122 Å². The van der Waals surface area contributed by atoms with Crippen molar-refractivity contribution >= 4 is 11.8 Å². The molecule has 3 unspecified atom stereocenters. The van der Waals surface area contributed by atoms with Crippen molar-refractivity contribution in [2.75, 3.05) is 5.73 Å². The Morgan fingerprint density at radius 1 is 1.62 bits per heavy atom. The Morgan fingerprint density at radius 2 is 2.38 bits per heavy atom. The third-order valence-electron chi connectivity index (χ3n) is 4.01. The maximum atomic E-state index is 11.0. The van der Waals surface area contributed by atoms with Gasteiger partial charge in [0.15, 0.2) is 0 Å². The van der Waals surface area contributed by atoms with Gasteiger partial charge in [-0.1, -0.05) is 12.0 Å². The van der Waals surface area contributed by atoms with E-state index in [1.54, 1.807) is 12.4 Å². The number of nitrogens with two attached hydrogens (primary N) is 1. The lowest BCUT2D eigenvalue weighted by Gasteiger charge is -2.38. The highest BCUT2D eigenvalue weighted by atomic mass is 16.4. The van der Waals surface area contributed by atoms with E-state index in [2.05, 4.69) is 20.3 Å². The van der Waals surface area contributed by atoms with Gasteiger partial charge in [-0.15, -0.1) is 0 Å². The van der Waals surface area contributed by atoms with Crippen LogP contribution in [0.25, 0.3) is 10.4 Å². The zero-order valence-electron chi connectivity index (χ0n) is 11.7. The maximum Gasteiger partial charge on any atom is 0.404 e. The average molecular weight is 290 g/mol. The zero-order valence-corrected chi connectivity index (χ0v) is 11.7. The molecule has 1 saturated carbocycles. The van der Waals surface area contributed by atoms with Gasteiger partial charge in [0.25, 0.3) is 0 Å². The molecule has 1 aliphatic rings. The topological polar surface area (TPSA) is 137 Å². The molecule has 0 saturated heterocycles. The summed E-state index contributed by atoms with van der Waals surface area (Å²) in [6.45, 7) is 1.96. The zero-order chi connectivity index (χ0) is 15.4. The van der Waals surface area contributed by atoms with Crippen LogP contribution in [0.2, 0.25) is 0 Å². The summed E-state index contributed by atoms with van der Waals surface area (Å²) in [5.74, 6) is 0.175. The van der Waals surface area contributed by atoms with Gasteiger partial charge >= 0.3 is 6.09 Å².